The summed E-state index contributed by atoms with van der Waals surface area (Å²) >= 11 is 0. The van der Waals surface area contributed by atoms with Crippen LogP contribution >= 0.6 is 0 Å². The summed E-state index contributed by atoms with van der Waals surface area (Å²) in [6.45, 7) is 4.66. The highest BCUT2D eigenvalue weighted by molar-refractivity contribution is 6.00. The smallest absolute Gasteiger partial charge is 0.232 e. The monoisotopic (exact) mass is 448 g/mol. The van der Waals surface area contributed by atoms with Gasteiger partial charge in [-0.15, -0.1) is 0 Å². The van der Waals surface area contributed by atoms with Gasteiger partial charge in [0.1, 0.15) is 5.84 Å². The lowest BCUT2D eigenvalue weighted by molar-refractivity contribution is -0.117. The topological polar surface area (TPSA) is 102 Å². The molecule has 2 aliphatic heterocycles. The van der Waals surface area contributed by atoms with Crippen molar-refractivity contribution in [2.45, 2.75) is 76.4 Å². The van der Waals surface area contributed by atoms with Gasteiger partial charge in [-0.2, -0.15) is 0 Å². The number of likely N-dealkylation sites (tertiary alicyclic amines) is 1. The number of aliphatic hydroxyl groups is 1. The predicted octanol–water partition coefficient (Wildman–Crippen LogP) is 4.33. The van der Waals surface area contributed by atoms with E-state index in [1.54, 1.807) is 6.07 Å². The molecule has 1 amide bonds. The summed E-state index contributed by atoms with van der Waals surface area (Å²) in [7, 11) is 0. The predicted molar refractivity (Wildman–Crippen MR) is 133 cm³/mol. The zero-order chi connectivity index (χ0) is 23.5. The Labute approximate surface area is 196 Å². The normalized spacial score (nSPS) is 23.7. The van der Waals surface area contributed by atoms with Crippen LogP contribution in [0.4, 0.5) is 5.69 Å². The summed E-state index contributed by atoms with van der Waals surface area (Å²) in [5.41, 5.74) is 10.6. The number of amidine groups is 1. The number of nitrogens with one attached hydrogen (secondary N) is 2. The molecule has 2 aromatic carbocycles. The van der Waals surface area contributed by atoms with E-state index in [9.17, 15) is 9.90 Å². The largest absolute Gasteiger partial charge is 0.395 e. The molecule has 33 heavy (non-hydrogen) atoms. The van der Waals surface area contributed by atoms with E-state index in [1.165, 1.54) is 11.1 Å². The van der Waals surface area contributed by atoms with Gasteiger partial charge in [0.25, 0.3) is 0 Å². The van der Waals surface area contributed by atoms with Gasteiger partial charge in [0, 0.05) is 29.4 Å². The Hall–Kier alpha value is -2.70. The van der Waals surface area contributed by atoms with Gasteiger partial charge in [-0.1, -0.05) is 50.1 Å². The van der Waals surface area contributed by atoms with Crippen molar-refractivity contribution >= 4 is 17.4 Å². The second kappa shape index (κ2) is 10.1. The molecular weight excluding hydrogens is 412 g/mol. The number of hydrogen-bond donors (Lipinski definition) is 4. The molecule has 6 nitrogen and oxygen atoms in total. The zero-order valence-corrected chi connectivity index (χ0v) is 19.7. The molecule has 0 spiro atoms. The van der Waals surface area contributed by atoms with E-state index in [1.807, 2.05) is 30.3 Å². The maximum Gasteiger partial charge on any atom is 0.232 e. The third-order valence-electron chi connectivity index (χ3n) is 7.40. The summed E-state index contributed by atoms with van der Waals surface area (Å²) in [5, 5.41) is 21.0. The first kappa shape index (κ1) is 23.5. The SMILES string of the molecule is CCCCC(c1cccc2c1CC(c1cccc(C(=N)N)c1)C(=O)N2)N1C(C)CCC1CO. The highest BCUT2D eigenvalue weighted by Crippen LogP contribution is 2.42. The summed E-state index contributed by atoms with van der Waals surface area (Å²) in [6.07, 6.45) is 6.01. The number of anilines is 1. The van der Waals surface area contributed by atoms with Crippen molar-refractivity contribution in [1.29, 1.82) is 5.41 Å². The molecule has 0 radical (unpaired) electrons. The third-order valence-corrected chi connectivity index (χ3v) is 7.40. The van der Waals surface area contributed by atoms with Crippen molar-refractivity contribution in [2.75, 3.05) is 11.9 Å². The molecule has 2 aromatic rings. The van der Waals surface area contributed by atoms with Crippen LogP contribution in [0.15, 0.2) is 42.5 Å². The van der Waals surface area contributed by atoms with E-state index in [4.69, 9.17) is 11.1 Å². The van der Waals surface area contributed by atoms with Crippen LogP contribution < -0.4 is 11.1 Å². The molecule has 6 heteroatoms. The zero-order valence-electron chi connectivity index (χ0n) is 19.7. The number of benzene rings is 2. The molecule has 1 fully saturated rings. The van der Waals surface area contributed by atoms with E-state index in [0.717, 1.165) is 43.4 Å². The first-order valence-electron chi connectivity index (χ1n) is 12.2. The maximum atomic E-state index is 13.1. The average molecular weight is 449 g/mol. The summed E-state index contributed by atoms with van der Waals surface area (Å²) in [6, 6.07) is 14.5. The van der Waals surface area contributed by atoms with Crippen LogP contribution in [0.3, 0.4) is 0 Å². The summed E-state index contributed by atoms with van der Waals surface area (Å²) in [4.78, 5) is 15.6. The fourth-order valence-corrected chi connectivity index (χ4v) is 5.67. The van der Waals surface area contributed by atoms with Crippen molar-refractivity contribution in [1.82, 2.24) is 4.90 Å². The number of nitrogens with zero attached hydrogens (tertiary/aromatic N) is 1. The minimum atomic E-state index is -0.325. The number of aliphatic hydroxyl groups excluding tert-OH is 1. The average Bonchev–Trinajstić information content (AvgIpc) is 3.19. The number of fused-ring (bicyclic) bond motifs is 1. The van der Waals surface area contributed by atoms with Crippen molar-refractivity contribution in [3.05, 3.63) is 64.7 Å². The first-order chi connectivity index (χ1) is 15.9. The lowest BCUT2D eigenvalue weighted by Crippen LogP contribution is -2.41. The molecule has 1 saturated heterocycles. The van der Waals surface area contributed by atoms with Crippen molar-refractivity contribution in [3.8, 4) is 0 Å². The quantitative estimate of drug-likeness (QED) is 0.357. The molecule has 4 atom stereocenters. The molecule has 0 saturated carbocycles. The van der Waals surface area contributed by atoms with Crippen LogP contribution in [0, 0.1) is 5.41 Å². The fraction of sp³-hybridized carbons (Fsp3) is 0.481. The van der Waals surface area contributed by atoms with Crippen LogP contribution in [0.25, 0.3) is 0 Å². The molecule has 2 heterocycles. The number of amides is 1. The molecule has 4 unspecified atom stereocenters. The van der Waals surface area contributed by atoms with Crippen LogP contribution in [-0.2, 0) is 11.2 Å². The van der Waals surface area contributed by atoms with Gasteiger partial charge >= 0.3 is 0 Å². The second-order valence-corrected chi connectivity index (χ2v) is 9.53. The van der Waals surface area contributed by atoms with E-state index < -0.39 is 0 Å². The standard InChI is InChI=1S/C27H36N4O2/c1-3-4-11-25(31-17(2)12-13-20(31)16-32)21-9-6-10-24-23(21)15-22(27(33)30-24)18-7-5-8-19(14-18)26(28)29/h5-10,14,17,20,22,25,32H,3-4,11-13,15-16H2,1-2H3,(H3,28,29)(H,30,33). The van der Waals surface area contributed by atoms with Gasteiger partial charge in [-0.25, -0.2) is 0 Å². The van der Waals surface area contributed by atoms with E-state index in [2.05, 4.69) is 30.1 Å². The Morgan fingerprint density at radius 2 is 2.06 bits per heavy atom. The molecule has 176 valence electrons. The van der Waals surface area contributed by atoms with E-state index in [0.29, 0.717) is 18.0 Å². The lowest BCUT2D eigenvalue weighted by atomic mass is 9.82. The van der Waals surface area contributed by atoms with Crippen LogP contribution in [0.1, 0.15) is 80.2 Å². The molecule has 0 aliphatic carbocycles. The van der Waals surface area contributed by atoms with Crippen LogP contribution in [0.5, 0.6) is 0 Å². The number of carbonyl (C=O) groups excluding carboxylic acids is 1. The molecule has 0 bridgehead atoms. The molecule has 4 rings (SSSR count). The molecule has 0 aromatic heterocycles. The Morgan fingerprint density at radius 3 is 2.79 bits per heavy atom. The summed E-state index contributed by atoms with van der Waals surface area (Å²) < 4.78 is 0. The van der Waals surface area contributed by atoms with Gasteiger partial charge in [0.05, 0.1) is 12.5 Å². The lowest BCUT2D eigenvalue weighted by Gasteiger charge is -2.38. The van der Waals surface area contributed by atoms with Gasteiger partial charge in [-0.05, 0) is 61.4 Å². The van der Waals surface area contributed by atoms with Crippen molar-refractivity contribution in [2.24, 2.45) is 5.73 Å². The third kappa shape index (κ3) is 4.68. The Kier molecular flexibility index (Phi) is 7.15. The van der Waals surface area contributed by atoms with Crippen LogP contribution in [0.2, 0.25) is 0 Å². The fourth-order valence-electron chi connectivity index (χ4n) is 5.67. The van der Waals surface area contributed by atoms with Gasteiger partial charge in [0.15, 0.2) is 0 Å². The Bertz CT molecular complexity index is 1020. The number of nitrogens with two attached hydrogens (primary N) is 1. The van der Waals surface area contributed by atoms with Crippen molar-refractivity contribution in [3.63, 3.8) is 0 Å². The molecular formula is C27H36N4O2. The number of hydrogen-bond acceptors (Lipinski definition) is 4. The Morgan fingerprint density at radius 1 is 1.27 bits per heavy atom. The van der Waals surface area contributed by atoms with Gasteiger partial charge in [-0.3, -0.25) is 15.1 Å². The van der Waals surface area contributed by atoms with E-state index >= 15 is 0 Å². The van der Waals surface area contributed by atoms with Crippen molar-refractivity contribution < 1.29 is 9.90 Å². The maximum absolute atomic E-state index is 13.1. The van der Waals surface area contributed by atoms with Gasteiger partial charge in [0.2, 0.25) is 5.91 Å². The number of rotatable bonds is 8. The molecule has 5 N–H and O–H groups in total. The highest BCUT2D eigenvalue weighted by Gasteiger charge is 2.38. The minimum absolute atomic E-state index is 0.00635. The first-order valence-corrected chi connectivity index (χ1v) is 12.2. The number of carbonyl (C=O) groups is 1. The molecule has 2 aliphatic rings. The number of nitrogen functional groups attached to an aromatic ring is 1. The van der Waals surface area contributed by atoms with E-state index in [-0.39, 0.29) is 36.4 Å². The minimum Gasteiger partial charge on any atom is -0.395 e. The highest BCUT2D eigenvalue weighted by atomic mass is 16.3. The second-order valence-electron chi connectivity index (χ2n) is 9.53. The summed E-state index contributed by atoms with van der Waals surface area (Å²) in [5.74, 6) is -0.338. The number of unbranched alkanes of at least 4 members (excludes halogenated alkanes) is 1. The van der Waals surface area contributed by atoms with Gasteiger partial charge < -0.3 is 16.2 Å². The Balaban J connectivity index is 1.73. The van der Waals surface area contributed by atoms with Crippen LogP contribution in [-0.4, -0.2) is 40.4 Å².